The van der Waals surface area contributed by atoms with Crippen molar-refractivity contribution >= 4 is 33.3 Å². The van der Waals surface area contributed by atoms with Crippen molar-refractivity contribution in [3.63, 3.8) is 0 Å². The highest BCUT2D eigenvalue weighted by molar-refractivity contribution is 7.92. The number of ether oxygens (including phenoxy) is 1. The van der Waals surface area contributed by atoms with Crippen LogP contribution < -0.4 is 14.9 Å². The Morgan fingerprint density at radius 3 is 2.47 bits per heavy atom. The minimum atomic E-state index is -4.11. The van der Waals surface area contributed by atoms with Crippen molar-refractivity contribution in [3.8, 4) is 5.75 Å². The molecule has 0 aliphatic heterocycles. The van der Waals surface area contributed by atoms with Gasteiger partial charge in [-0.05, 0) is 49.1 Å². The molecule has 30 heavy (non-hydrogen) atoms. The summed E-state index contributed by atoms with van der Waals surface area (Å²) in [5.41, 5.74) is 2.88. The highest BCUT2D eigenvalue weighted by atomic mass is 32.2. The van der Waals surface area contributed by atoms with E-state index in [-0.39, 0.29) is 16.3 Å². The number of hydrogen-bond acceptors (Lipinski definition) is 7. The van der Waals surface area contributed by atoms with Gasteiger partial charge in [0, 0.05) is 24.0 Å². The van der Waals surface area contributed by atoms with Crippen molar-refractivity contribution < 1.29 is 18.1 Å². The summed E-state index contributed by atoms with van der Waals surface area (Å²) in [4.78, 5) is 10.3. The maximum Gasteiger partial charge on any atom is 0.270 e. The Hall–Kier alpha value is -3.14. The zero-order valence-electron chi connectivity index (χ0n) is 16.6. The SMILES string of the molecule is COc1ccc(NS(=O)(=O)c2cc([N+](=O)[O-])ccc2N/N=C/C2CCCCC2)cc1. The van der Waals surface area contributed by atoms with Gasteiger partial charge >= 0.3 is 0 Å². The summed E-state index contributed by atoms with van der Waals surface area (Å²) >= 11 is 0. The van der Waals surface area contributed by atoms with Gasteiger partial charge in [0.1, 0.15) is 10.6 Å². The number of hydrazone groups is 1. The quantitative estimate of drug-likeness (QED) is 0.362. The van der Waals surface area contributed by atoms with Crippen LogP contribution in [0.3, 0.4) is 0 Å². The molecule has 0 spiro atoms. The zero-order valence-corrected chi connectivity index (χ0v) is 17.4. The molecule has 0 saturated heterocycles. The Bertz CT molecular complexity index is 1020. The van der Waals surface area contributed by atoms with E-state index in [4.69, 9.17) is 4.74 Å². The largest absolute Gasteiger partial charge is 0.497 e. The number of rotatable bonds is 8. The van der Waals surface area contributed by atoms with Crippen LogP contribution in [0.15, 0.2) is 52.5 Å². The van der Waals surface area contributed by atoms with Crippen LogP contribution in [0, 0.1) is 16.0 Å². The molecule has 1 fully saturated rings. The third kappa shape index (κ3) is 5.47. The molecule has 160 valence electrons. The summed E-state index contributed by atoms with van der Waals surface area (Å²) in [5.74, 6) is 0.925. The number of methoxy groups -OCH3 is 1. The third-order valence-electron chi connectivity index (χ3n) is 4.93. The first-order chi connectivity index (χ1) is 14.4. The number of non-ortho nitro benzene ring substituents is 1. The predicted molar refractivity (Wildman–Crippen MR) is 116 cm³/mol. The van der Waals surface area contributed by atoms with Crippen LogP contribution in [0.5, 0.6) is 5.75 Å². The molecular formula is C20H24N4O5S. The first-order valence-corrected chi connectivity index (χ1v) is 11.1. The highest BCUT2D eigenvalue weighted by Crippen LogP contribution is 2.29. The van der Waals surface area contributed by atoms with Gasteiger partial charge in [0.2, 0.25) is 0 Å². The van der Waals surface area contributed by atoms with Gasteiger partial charge in [-0.3, -0.25) is 20.3 Å². The van der Waals surface area contributed by atoms with Crippen LogP contribution in [0.2, 0.25) is 0 Å². The molecule has 2 N–H and O–H groups in total. The van der Waals surface area contributed by atoms with Gasteiger partial charge in [0.25, 0.3) is 15.7 Å². The number of benzene rings is 2. The molecule has 0 unspecified atom stereocenters. The van der Waals surface area contributed by atoms with Gasteiger partial charge in [0.15, 0.2) is 0 Å². The number of sulfonamides is 1. The normalized spacial score (nSPS) is 15.1. The van der Waals surface area contributed by atoms with Crippen molar-refractivity contribution in [2.24, 2.45) is 11.0 Å². The lowest BCUT2D eigenvalue weighted by Crippen LogP contribution is -2.15. The molecule has 2 aromatic rings. The molecule has 0 heterocycles. The zero-order chi connectivity index (χ0) is 21.6. The van der Waals surface area contributed by atoms with Crippen LogP contribution >= 0.6 is 0 Å². The second-order valence-corrected chi connectivity index (χ2v) is 8.71. The van der Waals surface area contributed by atoms with E-state index >= 15 is 0 Å². The molecule has 0 aromatic heterocycles. The van der Waals surface area contributed by atoms with Crippen LogP contribution in [-0.4, -0.2) is 26.7 Å². The van der Waals surface area contributed by atoms with Crippen molar-refractivity contribution in [3.05, 3.63) is 52.6 Å². The van der Waals surface area contributed by atoms with Crippen LogP contribution in [0.4, 0.5) is 17.1 Å². The molecule has 9 nitrogen and oxygen atoms in total. The second kappa shape index (κ2) is 9.57. The first-order valence-electron chi connectivity index (χ1n) is 9.63. The molecule has 0 radical (unpaired) electrons. The molecule has 0 bridgehead atoms. The Balaban J connectivity index is 1.86. The van der Waals surface area contributed by atoms with Gasteiger partial charge < -0.3 is 4.74 Å². The number of nitro benzene ring substituents is 1. The summed E-state index contributed by atoms with van der Waals surface area (Å²) in [6.07, 6.45) is 7.41. The van der Waals surface area contributed by atoms with E-state index in [0.717, 1.165) is 31.7 Å². The fraction of sp³-hybridized carbons (Fsp3) is 0.350. The standard InChI is InChI=1S/C20H24N4O5S/c1-29-18-10-7-16(8-11-18)23-30(27,28)20-13-17(24(25)26)9-12-19(20)22-21-14-15-5-3-2-4-6-15/h7-15,22-23H,2-6H2,1H3/b21-14+. The Morgan fingerprint density at radius 2 is 1.83 bits per heavy atom. The minimum Gasteiger partial charge on any atom is -0.497 e. The molecule has 1 saturated carbocycles. The average Bonchev–Trinajstić information content (AvgIpc) is 2.75. The molecule has 1 aliphatic rings. The smallest absolute Gasteiger partial charge is 0.270 e. The Labute approximate surface area is 175 Å². The van der Waals surface area contributed by atoms with Gasteiger partial charge in [-0.2, -0.15) is 5.10 Å². The third-order valence-corrected chi connectivity index (χ3v) is 6.35. The molecule has 0 atom stereocenters. The number of hydrogen-bond donors (Lipinski definition) is 2. The molecule has 10 heteroatoms. The van der Waals surface area contributed by atoms with Crippen LogP contribution in [0.25, 0.3) is 0 Å². The lowest BCUT2D eigenvalue weighted by atomic mass is 9.90. The maximum atomic E-state index is 13.0. The fourth-order valence-electron chi connectivity index (χ4n) is 3.30. The second-order valence-electron chi connectivity index (χ2n) is 7.06. The van der Waals surface area contributed by atoms with E-state index in [9.17, 15) is 18.5 Å². The summed E-state index contributed by atoms with van der Waals surface area (Å²) in [5, 5.41) is 15.4. The average molecular weight is 433 g/mol. The Morgan fingerprint density at radius 1 is 1.13 bits per heavy atom. The molecule has 1 aliphatic carbocycles. The van der Waals surface area contributed by atoms with E-state index in [2.05, 4.69) is 15.2 Å². The number of nitrogens with one attached hydrogen (secondary N) is 2. The van der Waals surface area contributed by atoms with E-state index in [0.29, 0.717) is 17.4 Å². The van der Waals surface area contributed by atoms with Crippen molar-refractivity contribution in [1.29, 1.82) is 0 Å². The van der Waals surface area contributed by atoms with E-state index in [1.54, 1.807) is 30.5 Å². The highest BCUT2D eigenvalue weighted by Gasteiger charge is 2.23. The topological polar surface area (TPSA) is 123 Å². The van der Waals surface area contributed by atoms with Crippen molar-refractivity contribution in [2.45, 2.75) is 37.0 Å². The van der Waals surface area contributed by atoms with E-state index < -0.39 is 14.9 Å². The summed E-state index contributed by atoms with van der Waals surface area (Å²) in [6.45, 7) is 0. The maximum absolute atomic E-state index is 13.0. The van der Waals surface area contributed by atoms with Crippen LogP contribution in [0.1, 0.15) is 32.1 Å². The molecule has 0 amide bonds. The van der Waals surface area contributed by atoms with E-state index in [1.807, 2.05) is 0 Å². The van der Waals surface area contributed by atoms with Crippen molar-refractivity contribution in [1.82, 2.24) is 0 Å². The first kappa shape index (κ1) is 21.6. The van der Waals surface area contributed by atoms with Gasteiger partial charge in [-0.1, -0.05) is 19.3 Å². The Kier molecular flexibility index (Phi) is 6.88. The number of nitro groups is 1. The number of anilines is 2. The summed E-state index contributed by atoms with van der Waals surface area (Å²) < 4.78 is 33.4. The van der Waals surface area contributed by atoms with Gasteiger partial charge in [-0.25, -0.2) is 8.42 Å². The molecular weight excluding hydrogens is 408 g/mol. The van der Waals surface area contributed by atoms with Gasteiger partial charge in [0.05, 0.1) is 17.7 Å². The van der Waals surface area contributed by atoms with Crippen molar-refractivity contribution in [2.75, 3.05) is 17.3 Å². The van der Waals surface area contributed by atoms with Crippen LogP contribution in [-0.2, 0) is 10.0 Å². The summed E-state index contributed by atoms with van der Waals surface area (Å²) in [6, 6.07) is 9.91. The van der Waals surface area contributed by atoms with Gasteiger partial charge in [-0.15, -0.1) is 0 Å². The monoisotopic (exact) mass is 432 g/mol. The summed E-state index contributed by atoms with van der Waals surface area (Å²) in [7, 11) is -2.60. The fourth-order valence-corrected chi connectivity index (χ4v) is 4.54. The lowest BCUT2D eigenvalue weighted by molar-refractivity contribution is -0.385. The number of nitrogens with zero attached hydrogens (tertiary/aromatic N) is 2. The molecule has 3 rings (SSSR count). The molecule has 2 aromatic carbocycles. The van der Waals surface area contributed by atoms with E-state index in [1.165, 1.54) is 25.7 Å². The minimum absolute atomic E-state index is 0.161. The lowest BCUT2D eigenvalue weighted by Gasteiger charge is -2.17. The predicted octanol–water partition coefficient (Wildman–Crippen LogP) is 4.38.